The summed E-state index contributed by atoms with van der Waals surface area (Å²) < 4.78 is 11.5. The number of anilines is 1. The first kappa shape index (κ1) is 17.5. The van der Waals surface area contributed by atoms with E-state index in [-0.39, 0.29) is 24.0 Å². The predicted octanol–water partition coefficient (Wildman–Crippen LogP) is 1.16. The lowest BCUT2D eigenvalue weighted by atomic mass is 9.76. The van der Waals surface area contributed by atoms with Crippen molar-refractivity contribution in [3.05, 3.63) is 23.8 Å². The highest BCUT2D eigenvalue weighted by molar-refractivity contribution is 6.61. The van der Waals surface area contributed by atoms with Crippen molar-refractivity contribution in [1.82, 2.24) is 5.32 Å². The van der Waals surface area contributed by atoms with E-state index in [1.54, 1.807) is 25.3 Å². The number of carbonyl (C=O) groups excluding carboxylic acids is 2. The van der Waals surface area contributed by atoms with Crippen LogP contribution in [-0.4, -0.2) is 38.2 Å². The molecule has 6 nitrogen and oxygen atoms in total. The summed E-state index contributed by atoms with van der Waals surface area (Å²) in [5.41, 5.74) is 1.24. The van der Waals surface area contributed by atoms with Gasteiger partial charge in [-0.05, 0) is 37.4 Å². The van der Waals surface area contributed by atoms with Crippen LogP contribution < -0.4 is 16.1 Å². The molecule has 1 heterocycles. The third-order valence-electron chi connectivity index (χ3n) is 4.26. The number of benzene rings is 1. The fraction of sp³-hybridized carbons (Fsp3) is 0.500. The van der Waals surface area contributed by atoms with Gasteiger partial charge in [-0.1, -0.05) is 19.9 Å². The lowest BCUT2D eigenvalue weighted by Gasteiger charge is -2.32. The lowest BCUT2D eigenvalue weighted by molar-refractivity contribution is -0.115. The zero-order valence-corrected chi connectivity index (χ0v) is 14.2. The van der Waals surface area contributed by atoms with Gasteiger partial charge in [0.15, 0.2) is 0 Å². The van der Waals surface area contributed by atoms with Crippen molar-refractivity contribution in [2.75, 3.05) is 19.0 Å². The smallest absolute Gasteiger partial charge is 0.410 e. The number of rotatable bonds is 5. The van der Waals surface area contributed by atoms with Crippen LogP contribution in [0.1, 0.15) is 38.1 Å². The van der Waals surface area contributed by atoms with E-state index in [9.17, 15) is 9.59 Å². The molecule has 124 valence electrons. The van der Waals surface area contributed by atoms with Gasteiger partial charge in [-0.25, -0.2) is 0 Å². The van der Waals surface area contributed by atoms with Gasteiger partial charge >= 0.3 is 7.12 Å². The van der Waals surface area contributed by atoms with E-state index in [2.05, 4.69) is 24.5 Å². The molecular formula is C16H23BN2O4. The van der Waals surface area contributed by atoms with Crippen LogP contribution in [0.5, 0.6) is 0 Å². The molecule has 1 aliphatic heterocycles. The molecule has 23 heavy (non-hydrogen) atoms. The molecule has 1 aliphatic rings. The van der Waals surface area contributed by atoms with Gasteiger partial charge < -0.3 is 19.9 Å². The Morgan fingerprint density at radius 2 is 1.96 bits per heavy atom. The van der Waals surface area contributed by atoms with Crippen LogP contribution in [0.2, 0.25) is 0 Å². The number of hydrogen-bond donors (Lipinski definition) is 2. The lowest BCUT2D eigenvalue weighted by Crippen LogP contribution is -2.45. The molecule has 7 heteroatoms. The first-order chi connectivity index (χ1) is 10.7. The molecule has 1 aromatic rings. The minimum absolute atomic E-state index is 0.0343. The summed E-state index contributed by atoms with van der Waals surface area (Å²) in [4.78, 5) is 23.7. The van der Waals surface area contributed by atoms with Crippen LogP contribution >= 0.6 is 0 Å². The summed E-state index contributed by atoms with van der Waals surface area (Å²) in [6.45, 7) is 8.12. The zero-order valence-electron chi connectivity index (χ0n) is 14.2. The quantitative estimate of drug-likeness (QED) is 0.799. The van der Waals surface area contributed by atoms with Gasteiger partial charge in [-0.3, -0.25) is 9.59 Å². The van der Waals surface area contributed by atoms with E-state index in [1.165, 1.54) is 0 Å². The predicted molar refractivity (Wildman–Crippen MR) is 89.8 cm³/mol. The van der Waals surface area contributed by atoms with E-state index < -0.39 is 7.12 Å². The Kier molecular flexibility index (Phi) is 5.11. The molecule has 0 atom stereocenters. The molecule has 2 amide bonds. The SMILES string of the molecule is COB(OC(C)(C)C(C)C)c1ccc2c(c1)C(=O)NCC(=O)N2. The first-order valence-electron chi connectivity index (χ1n) is 7.67. The molecule has 0 spiro atoms. The molecule has 2 N–H and O–H groups in total. The van der Waals surface area contributed by atoms with Crippen molar-refractivity contribution in [2.24, 2.45) is 5.92 Å². The Hall–Kier alpha value is -1.86. The number of nitrogens with one attached hydrogen (secondary N) is 2. The summed E-state index contributed by atoms with van der Waals surface area (Å²) in [7, 11) is 0.971. The maximum absolute atomic E-state index is 12.1. The van der Waals surface area contributed by atoms with Gasteiger partial charge in [0, 0.05) is 7.11 Å². The van der Waals surface area contributed by atoms with Gasteiger partial charge in [0.05, 0.1) is 23.4 Å². The number of amides is 2. The van der Waals surface area contributed by atoms with E-state index in [0.717, 1.165) is 5.46 Å². The van der Waals surface area contributed by atoms with Crippen molar-refractivity contribution in [2.45, 2.75) is 33.3 Å². The van der Waals surface area contributed by atoms with Crippen LogP contribution in [0.25, 0.3) is 0 Å². The summed E-state index contributed by atoms with van der Waals surface area (Å²) in [6.07, 6.45) is 0. The molecule has 0 saturated carbocycles. The second-order valence-electron chi connectivity index (χ2n) is 6.48. The van der Waals surface area contributed by atoms with Crippen molar-refractivity contribution < 1.29 is 18.9 Å². The summed E-state index contributed by atoms with van der Waals surface area (Å²) in [5, 5.41) is 5.27. The Labute approximate surface area is 137 Å². The molecule has 0 radical (unpaired) electrons. The molecule has 0 aliphatic carbocycles. The first-order valence-corrected chi connectivity index (χ1v) is 7.67. The highest BCUT2D eigenvalue weighted by atomic mass is 16.6. The average molecular weight is 318 g/mol. The van der Waals surface area contributed by atoms with Crippen LogP contribution in [0.4, 0.5) is 5.69 Å². The molecule has 0 saturated heterocycles. The third kappa shape index (κ3) is 3.92. The summed E-state index contributed by atoms with van der Waals surface area (Å²) in [6, 6.07) is 5.19. The minimum atomic E-state index is -0.593. The summed E-state index contributed by atoms with van der Waals surface area (Å²) >= 11 is 0. The molecular weight excluding hydrogens is 295 g/mol. The molecule has 0 unspecified atom stereocenters. The topological polar surface area (TPSA) is 76.7 Å². The van der Waals surface area contributed by atoms with Crippen molar-refractivity contribution >= 4 is 30.1 Å². The molecule has 0 aromatic heterocycles. The zero-order chi connectivity index (χ0) is 17.2. The second-order valence-corrected chi connectivity index (χ2v) is 6.48. The number of fused-ring (bicyclic) bond motifs is 1. The third-order valence-corrected chi connectivity index (χ3v) is 4.26. The average Bonchev–Trinajstić information content (AvgIpc) is 2.63. The Bertz CT molecular complexity index is 616. The van der Waals surface area contributed by atoms with Crippen LogP contribution in [0, 0.1) is 5.92 Å². The fourth-order valence-electron chi connectivity index (χ4n) is 2.12. The minimum Gasteiger partial charge on any atom is -0.410 e. The second kappa shape index (κ2) is 6.72. The van der Waals surface area contributed by atoms with E-state index >= 15 is 0 Å². The van der Waals surface area contributed by atoms with Crippen molar-refractivity contribution in [3.8, 4) is 0 Å². The fourth-order valence-corrected chi connectivity index (χ4v) is 2.12. The Balaban J connectivity index is 2.32. The van der Waals surface area contributed by atoms with Crippen molar-refractivity contribution in [3.63, 3.8) is 0 Å². The normalized spacial score (nSPS) is 14.9. The highest BCUT2D eigenvalue weighted by Crippen LogP contribution is 2.22. The number of carbonyl (C=O) groups is 2. The van der Waals surface area contributed by atoms with Gasteiger partial charge in [-0.2, -0.15) is 0 Å². The van der Waals surface area contributed by atoms with Gasteiger partial charge in [0.25, 0.3) is 5.91 Å². The van der Waals surface area contributed by atoms with Crippen LogP contribution in [0.3, 0.4) is 0 Å². The maximum Gasteiger partial charge on any atom is 0.494 e. The molecule has 2 rings (SSSR count). The van der Waals surface area contributed by atoms with Gasteiger partial charge in [0.2, 0.25) is 5.91 Å². The Morgan fingerprint density at radius 3 is 2.57 bits per heavy atom. The molecule has 1 aromatic carbocycles. The van der Waals surface area contributed by atoms with Gasteiger partial charge in [-0.15, -0.1) is 0 Å². The van der Waals surface area contributed by atoms with Crippen LogP contribution in [0.15, 0.2) is 18.2 Å². The maximum atomic E-state index is 12.1. The van der Waals surface area contributed by atoms with E-state index in [0.29, 0.717) is 17.2 Å². The van der Waals surface area contributed by atoms with Crippen molar-refractivity contribution in [1.29, 1.82) is 0 Å². The molecule has 0 bridgehead atoms. The van der Waals surface area contributed by atoms with E-state index in [1.807, 2.05) is 13.8 Å². The van der Waals surface area contributed by atoms with E-state index in [4.69, 9.17) is 9.31 Å². The summed E-state index contributed by atoms with van der Waals surface area (Å²) in [5.74, 6) is -0.243. The molecule has 0 fully saturated rings. The largest absolute Gasteiger partial charge is 0.494 e. The Morgan fingerprint density at radius 1 is 1.26 bits per heavy atom. The monoisotopic (exact) mass is 318 g/mol. The van der Waals surface area contributed by atoms with Gasteiger partial charge in [0.1, 0.15) is 0 Å². The number of hydrogen-bond acceptors (Lipinski definition) is 4. The highest BCUT2D eigenvalue weighted by Gasteiger charge is 2.33. The van der Waals surface area contributed by atoms with Crippen LogP contribution in [-0.2, 0) is 14.1 Å². The standard InChI is InChI=1S/C16H23BN2O4/c1-10(2)16(3,4)23-17(22-5)11-6-7-13-12(8-11)15(21)18-9-14(20)19-13/h6-8,10H,9H2,1-5H3,(H,18,21)(H,19,20).